The fourth-order valence-electron chi connectivity index (χ4n) is 4.39. The third-order valence-corrected chi connectivity index (χ3v) is 6.68. The molecule has 186 valence electrons. The number of fused-ring (bicyclic) bond motifs is 1. The normalized spacial score (nSPS) is 18.5. The minimum Gasteiger partial charge on any atom is -0.496 e. The summed E-state index contributed by atoms with van der Waals surface area (Å²) >= 11 is 6.10. The van der Waals surface area contributed by atoms with Gasteiger partial charge in [0.05, 0.1) is 46.4 Å². The first-order valence-corrected chi connectivity index (χ1v) is 11.6. The lowest BCUT2D eigenvalue weighted by molar-refractivity contribution is 0.00537. The smallest absolute Gasteiger partial charge is 0.328 e. The minimum absolute atomic E-state index is 0.239. The van der Waals surface area contributed by atoms with Crippen LogP contribution in [0, 0.1) is 0 Å². The molecule has 4 N–H and O–H groups in total. The van der Waals surface area contributed by atoms with Gasteiger partial charge in [0.1, 0.15) is 5.75 Å². The molecule has 0 bridgehead atoms. The summed E-state index contributed by atoms with van der Waals surface area (Å²) in [5, 5.41) is 3.75. The van der Waals surface area contributed by atoms with E-state index in [2.05, 4.69) is 15.2 Å². The first-order valence-electron chi connectivity index (χ1n) is 11.2. The number of methoxy groups -OCH3 is 2. The maximum Gasteiger partial charge on any atom is 0.328 e. The molecule has 35 heavy (non-hydrogen) atoms. The number of nitrogens with one attached hydrogen (secondary N) is 2. The van der Waals surface area contributed by atoms with Gasteiger partial charge in [-0.3, -0.25) is 19.1 Å². The number of nitrogens with zero attached hydrogens (tertiary/aromatic N) is 2. The number of hydrogen-bond acceptors (Lipinski definition) is 7. The maximum atomic E-state index is 13.0. The lowest BCUT2D eigenvalue weighted by Gasteiger charge is -2.38. The second-order valence-corrected chi connectivity index (χ2v) is 8.86. The molecule has 0 aliphatic carbocycles. The number of para-hydroxylation sites is 1. The molecule has 1 aromatic heterocycles. The first-order chi connectivity index (χ1) is 16.8. The van der Waals surface area contributed by atoms with Gasteiger partial charge in [0.25, 0.3) is 11.5 Å². The van der Waals surface area contributed by atoms with Crippen molar-refractivity contribution in [3.8, 4) is 5.75 Å². The Labute approximate surface area is 206 Å². The SMILES string of the molecule is COc1cc(N)c(Cl)cc1C(=O)N[C@@H]1CCN(CCn2c(=O)[nH]c3ccccc3c2=O)C[C@@H]1OC. The molecule has 10 nitrogen and oxygen atoms in total. The number of nitrogen functional groups attached to an aromatic ring is 1. The van der Waals surface area contributed by atoms with Crippen LogP contribution < -0.4 is 27.0 Å². The van der Waals surface area contributed by atoms with Crippen LogP contribution in [0.25, 0.3) is 10.9 Å². The highest BCUT2D eigenvalue weighted by Crippen LogP contribution is 2.29. The number of carbonyl (C=O) groups excluding carboxylic acids is 1. The van der Waals surface area contributed by atoms with Crippen LogP contribution in [-0.4, -0.2) is 66.4 Å². The van der Waals surface area contributed by atoms with Gasteiger partial charge in [-0.05, 0) is 24.6 Å². The number of rotatable bonds is 7. The van der Waals surface area contributed by atoms with Gasteiger partial charge in [-0.15, -0.1) is 0 Å². The van der Waals surface area contributed by atoms with Crippen LogP contribution in [0.3, 0.4) is 0 Å². The highest BCUT2D eigenvalue weighted by molar-refractivity contribution is 6.33. The molecule has 1 amide bonds. The quantitative estimate of drug-likeness (QED) is 0.417. The number of amides is 1. The van der Waals surface area contributed by atoms with E-state index in [9.17, 15) is 14.4 Å². The summed E-state index contributed by atoms with van der Waals surface area (Å²) in [5.74, 6) is 0.000325. The number of ether oxygens (including phenoxy) is 2. The van der Waals surface area contributed by atoms with Crippen molar-refractivity contribution in [2.24, 2.45) is 0 Å². The number of piperidine rings is 1. The Balaban J connectivity index is 1.42. The molecule has 4 rings (SSSR count). The van der Waals surface area contributed by atoms with Crippen LogP contribution in [-0.2, 0) is 11.3 Å². The number of aromatic amines is 1. The summed E-state index contributed by atoms with van der Waals surface area (Å²) in [7, 11) is 3.05. The molecule has 1 saturated heterocycles. The number of anilines is 1. The van der Waals surface area contributed by atoms with Crippen LogP contribution in [0.4, 0.5) is 5.69 Å². The van der Waals surface area contributed by atoms with Gasteiger partial charge in [0, 0.05) is 39.4 Å². The van der Waals surface area contributed by atoms with Crippen molar-refractivity contribution in [2.75, 3.05) is 39.6 Å². The third kappa shape index (κ3) is 5.19. The lowest BCUT2D eigenvalue weighted by Crippen LogP contribution is -2.55. The van der Waals surface area contributed by atoms with Crippen molar-refractivity contribution in [1.29, 1.82) is 0 Å². The number of likely N-dealkylation sites (tertiary alicyclic amines) is 1. The third-order valence-electron chi connectivity index (χ3n) is 6.36. The molecule has 1 aliphatic rings. The van der Waals surface area contributed by atoms with Gasteiger partial charge in [-0.1, -0.05) is 23.7 Å². The van der Waals surface area contributed by atoms with Crippen molar-refractivity contribution >= 4 is 34.1 Å². The molecule has 3 aromatic rings. The monoisotopic (exact) mass is 501 g/mol. The Hall–Kier alpha value is -3.34. The Morgan fingerprint density at radius 1 is 1.23 bits per heavy atom. The zero-order valence-electron chi connectivity index (χ0n) is 19.5. The van der Waals surface area contributed by atoms with E-state index in [0.717, 1.165) is 0 Å². The van der Waals surface area contributed by atoms with E-state index in [1.54, 1.807) is 31.4 Å². The molecule has 0 spiro atoms. The molecule has 1 aliphatic heterocycles. The topological polar surface area (TPSA) is 132 Å². The number of halogens is 1. The van der Waals surface area contributed by atoms with Crippen molar-refractivity contribution < 1.29 is 14.3 Å². The summed E-state index contributed by atoms with van der Waals surface area (Å²) in [4.78, 5) is 43.0. The summed E-state index contributed by atoms with van der Waals surface area (Å²) in [6.45, 7) is 1.92. The number of nitrogens with two attached hydrogens (primary N) is 1. The fraction of sp³-hybridized carbons (Fsp3) is 0.375. The van der Waals surface area contributed by atoms with Gasteiger partial charge in [-0.2, -0.15) is 0 Å². The Bertz CT molecular complexity index is 1350. The predicted molar refractivity (Wildman–Crippen MR) is 134 cm³/mol. The molecule has 0 radical (unpaired) electrons. The van der Waals surface area contributed by atoms with Gasteiger partial charge >= 0.3 is 5.69 Å². The van der Waals surface area contributed by atoms with Crippen LogP contribution in [0.1, 0.15) is 16.8 Å². The zero-order valence-corrected chi connectivity index (χ0v) is 20.3. The van der Waals surface area contributed by atoms with E-state index < -0.39 is 5.69 Å². The predicted octanol–water partition coefficient (Wildman–Crippen LogP) is 1.45. The molecule has 11 heteroatoms. The molecule has 0 unspecified atom stereocenters. The van der Waals surface area contributed by atoms with Crippen LogP contribution in [0.2, 0.25) is 5.02 Å². The molecule has 2 atom stereocenters. The molecule has 1 fully saturated rings. The molecule has 2 aromatic carbocycles. The van der Waals surface area contributed by atoms with Crippen LogP contribution >= 0.6 is 11.6 Å². The number of carbonyl (C=O) groups is 1. The summed E-state index contributed by atoms with van der Waals surface area (Å²) in [5.41, 5.74) is 6.20. The number of hydrogen-bond donors (Lipinski definition) is 3. The standard InChI is InChI=1S/C24H28ClN5O5/c1-34-20-12-17(26)16(25)11-15(20)22(31)27-19-7-8-29(13-21(19)35-2)9-10-30-23(32)14-5-3-4-6-18(14)28-24(30)33/h3-6,11-12,19,21H,7-10,13,26H2,1-2H3,(H,27,31)(H,28,33)/t19-,21+/m1/s1. The summed E-state index contributed by atoms with van der Waals surface area (Å²) in [6.07, 6.45) is 0.340. The van der Waals surface area contributed by atoms with E-state index in [-0.39, 0.29) is 35.2 Å². The number of aromatic nitrogens is 2. The average molecular weight is 502 g/mol. The van der Waals surface area contributed by atoms with E-state index in [1.807, 2.05) is 0 Å². The van der Waals surface area contributed by atoms with Crippen molar-refractivity contribution in [3.63, 3.8) is 0 Å². The van der Waals surface area contributed by atoms with E-state index in [0.29, 0.717) is 54.0 Å². The number of H-pyrrole nitrogens is 1. The molecular formula is C24H28ClN5O5. The van der Waals surface area contributed by atoms with Crippen LogP contribution in [0.15, 0.2) is 46.0 Å². The summed E-state index contributed by atoms with van der Waals surface area (Å²) < 4.78 is 12.2. The Kier molecular flexibility index (Phi) is 7.44. The van der Waals surface area contributed by atoms with Gasteiger partial charge in [0.15, 0.2) is 0 Å². The molecule has 0 saturated carbocycles. The maximum absolute atomic E-state index is 13.0. The second kappa shape index (κ2) is 10.5. The summed E-state index contributed by atoms with van der Waals surface area (Å²) in [6, 6.07) is 9.71. The Morgan fingerprint density at radius 2 is 2.00 bits per heavy atom. The van der Waals surface area contributed by atoms with Crippen molar-refractivity contribution in [3.05, 3.63) is 67.8 Å². The first kappa shape index (κ1) is 24.8. The lowest BCUT2D eigenvalue weighted by atomic mass is 10.0. The average Bonchev–Trinajstić information content (AvgIpc) is 2.85. The van der Waals surface area contributed by atoms with Crippen molar-refractivity contribution in [2.45, 2.75) is 25.1 Å². The fourth-order valence-corrected chi connectivity index (χ4v) is 4.56. The van der Waals surface area contributed by atoms with Crippen LogP contribution in [0.5, 0.6) is 5.75 Å². The molecule has 2 heterocycles. The molecular weight excluding hydrogens is 474 g/mol. The number of benzene rings is 2. The van der Waals surface area contributed by atoms with Crippen molar-refractivity contribution in [1.82, 2.24) is 19.8 Å². The van der Waals surface area contributed by atoms with Gasteiger partial charge < -0.3 is 25.5 Å². The zero-order chi connectivity index (χ0) is 25.1. The van der Waals surface area contributed by atoms with E-state index in [1.165, 1.54) is 23.8 Å². The van der Waals surface area contributed by atoms with Gasteiger partial charge in [0.2, 0.25) is 0 Å². The Morgan fingerprint density at radius 3 is 2.74 bits per heavy atom. The minimum atomic E-state index is -0.435. The highest BCUT2D eigenvalue weighted by atomic mass is 35.5. The van der Waals surface area contributed by atoms with E-state index in [4.69, 9.17) is 26.8 Å². The largest absolute Gasteiger partial charge is 0.496 e. The highest BCUT2D eigenvalue weighted by Gasteiger charge is 2.31. The second-order valence-electron chi connectivity index (χ2n) is 8.45. The van der Waals surface area contributed by atoms with Gasteiger partial charge in [-0.25, -0.2) is 4.79 Å². The van der Waals surface area contributed by atoms with E-state index >= 15 is 0 Å².